The van der Waals surface area contributed by atoms with Crippen LogP contribution in [0.4, 0.5) is 0 Å². The van der Waals surface area contributed by atoms with E-state index in [1.54, 1.807) is 0 Å². The first-order chi connectivity index (χ1) is 14.2. The van der Waals surface area contributed by atoms with Crippen molar-refractivity contribution in [3.8, 4) is 5.75 Å². The molecule has 3 rings (SSSR count). The first-order valence-corrected chi connectivity index (χ1v) is 10.5. The predicted octanol–water partition coefficient (Wildman–Crippen LogP) is 3.38. The van der Waals surface area contributed by atoms with Crippen molar-refractivity contribution < 1.29 is 14.3 Å². The minimum absolute atomic E-state index is 0.00850. The summed E-state index contributed by atoms with van der Waals surface area (Å²) in [6.07, 6.45) is 0.989. The van der Waals surface area contributed by atoms with Crippen molar-refractivity contribution in [2.45, 2.75) is 32.9 Å². The van der Waals surface area contributed by atoms with Crippen LogP contribution in [0, 0.1) is 0 Å². The highest BCUT2D eigenvalue weighted by atomic mass is 16.5. The molecule has 0 aromatic heterocycles. The van der Waals surface area contributed by atoms with Crippen molar-refractivity contribution in [2.75, 3.05) is 39.5 Å². The summed E-state index contributed by atoms with van der Waals surface area (Å²) in [5.41, 5.74) is 2.38. The number of hydrogen-bond acceptors (Lipinski definition) is 4. The highest BCUT2D eigenvalue weighted by Gasteiger charge is 2.24. The van der Waals surface area contributed by atoms with E-state index >= 15 is 0 Å². The first-order valence-electron chi connectivity index (χ1n) is 10.5. The molecule has 1 aliphatic rings. The Balaban J connectivity index is 1.64. The highest BCUT2D eigenvalue weighted by Crippen LogP contribution is 2.15. The third kappa shape index (κ3) is 6.58. The molecule has 0 bridgehead atoms. The predicted molar refractivity (Wildman–Crippen MR) is 115 cm³/mol. The minimum atomic E-state index is 0.00850. The molecular formula is C24H32N2O3. The van der Waals surface area contributed by atoms with Gasteiger partial charge in [-0.2, -0.15) is 0 Å². The number of hydrogen-bond donors (Lipinski definition) is 0. The van der Waals surface area contributed by atoms with Crippen LogP contribution >= 0.6 is 0 Å². The molecule has 2 aromatic carbocycles. The summed E-state index contributed by atoms with van der Waals surface area (Å²) in [5, 5.41) is 0. The van der Waals surface area contributed by atoms with Gasteiger partial charge in [-0.25, -0.2) is 0 Å². The van der Waals surface area contributed by atoms with Crippen molar-refractivity contribution in [3.05, 3.63) is 65.7 Å². The number of benzene rings is 2. The van der Waals surface area contributed by atoms with Gasteiger partial charge >= 0.3 is 0 Å². The molecule has 2 aromatic rings. The summed E-state index contributed by atoms with van der Waals surface area (Å²) < 4.78 is 11.2. The number of aryl methyl sites for hydroxylation is 1. The Morgan fingerprint density at radius 3 is 2.41 bits per heavy atom. The summed E-state index contributed by atoms with van der Waals surface area (Å²) in [6, 6.07) is 18.2. The molecule has 1 aliphatic heterocycles. The Hall–Kier alpha value is -2.37. The number of rotatable bonds is 9. The van der Waals surface area contributed by atoms with E-state index in [9.17, 15) is 4.79 Å². The molecule has 0 radical (unpaired) electrons. The normalized spacial score (nSPS) is 15.7. The van der Waals surface area contributed by atoms with E-state index in [2.05, 4.69) is 30.9 Å². The second-order valence-corrected chi connectivity index (χ2v) is 7.56. The van der Waals surface area contributed by atoms with Crippen LogP contribution in [0.25, 0.3) is 0 Å². The Kier molecular flexibility index (Phi) is 8.08. The summed E-state index contributed by atoms with van der Waals surface area (Å²) in [6.45, 7) is 9.06. The van der Waals surface area contributed by atoms with E-state index in [1.807, 2.05) is 47.4 Å². The van der Waals surface area contributed by atoms with Crippen LogP contribution in [0.1, 0.15) is 25.0 Å². The molecule has 0 N–H and O–H groups in total. The lowest BCUT2D eigenvalue weighted by Gasteiger charge is -2.35. The van der Waals surface area contributed by atoms with Crippen LogP contribution in [0.15, 0.2) is 54.6 Å². The van der Waals surface area contributed by atoms with Crippen molar-refractivity contribution in [1.29, 1.82) is 0 Å². The van der Waals surface area contributed by atoms with Crippen molar-refractivity contribution in [1.82, 2.24) is 9.80 Å². The summed E-state index contributed by atoms with van der Waals surface area (Å²) in [4.78, 5) is 17.4. The molecule has 156 valence electrons. The van der Waals surface area contributed by atoms with Crippen LogP contribution in [0.3, 0.4) is 0 Å². The summed E-state index contributed by atoms with van der Waals surface area (Å²) in [7, 11) is 0. The molecule has 5 nitrogen and oxygen atoms in total. The van der Waals surface area contributed by atoms with Gasteiger partial charge in [0.1, 0.15) is 5.75 Å². The lowest BCUT2D eigenvalue weighted by Crippen LogP contribution is -2.49. The van der Waals surface area contributed by atoms with Crippen LogP contribution in [0.5, 0.6) is 5.75 Å². The SMILES string of the molecule is CCc1ccc(OCC(=O)N(Cc2ccccc2)C(C)CN2CCOCC2)cc1. The average molecular weight is 397 g/mol. The number of carbonyl (C=O) groups is 1. The topological polar surface area (TPSA) is 42.0 Å². The summed E-state index contributed by atoms with van der Waals surface area (Å²) >= 11 is 0. The highest BCUT2D eigenvalue weighted by molar-refractivity contribution is 5.78. The van der Waals surface area contributed by atoms with Crippen LogP contribution in [0.2, 0.25) is 0 Å². The zero-order valence-electron chi connectivity index (χ0n) is 17.5. The van der Waals surface area contributed by atoms with E-state index in [1.165, 1.54) is 5.56 Å². The van der Waals surface area contributed by atoms with Crippen LogP contribution in [-0.2, 0) is 22.5 Å². The quantitative estimate of drug-likeness (QED) is 0.652. The van der Waals surface area contributed by atoms with Crippen molar-refractivity contribution in [3.63, 3.8) is 0 Å². The molecule has 0 spiro atoms. The van der Waals surface area contributed by atoms with E-state index in [4.69, 9.17) is 9.47 Å². The molecule has 1 amide bonds. The number of carbonyl (C=O) groups excluding carboxylic acids is 1. The van der Waals surface area contributed by atoms with E-state index in [-0.39, 0.29) is 18.6 Å². The Morgan fingerprint density at radius 1 is 1.07 bits per heavy atom. The maximum atomic E-state index is 13.1. The molecule has 1 atom stereocenters. The maximum absolute atomic E-state index is 13.1. The van der Waals surface area contributed by atoms with Crippen molar-refractivity contribution in [2.24, 2.45) is 0 Å². The zero-order valence-corrected chi connectivity index (χ0v) is 17.5. The number of ether oxygens (including phenoxy) is 2. The molecule has 1 unspecified atom stereocenters. The molecule has 0 saturated carbocycles. The zero-order chi connectivity index (χ0) is 20.5. The van der Waals surface area contributed by atoms with Gasteiger partial charge in [-0.1, -0.05) is 49.4 Å². The van der Waals surface area contributed by atoms with Gasteiger partial charge in [0.25, 0.3) is 5.91 Å². The van der Waals surface area contributed by atoms with E-state index < -0.39 is 0 Å². The molecule has 0 aliphatic carbocycles. The third-order valence-electron chi connectivity index (χ3n) is 5.37. The number of morpholine rings is 1. The molecular weight excluding hydrogens is 364 g/mol. The second-order valence-electron chi connectivity index (χ2n) is 7.56. The fourth-order valence-electron chi connectivity index (χ4n) is 3.58. The lowest BCUT2D eigenvalue weighted by molar-refractivity contribution is -0.136. The van der Waals surface area contributed by atoms with Crippen LogP contribution < -0.4 is 4.74 Å². The third-order valence-corrected chi connectivity index (χ3v) is 5.37. The number of amides is 1. The number of nitrogens with zero attached hydrogens (tertiary/aromatic N) is 2. The van der Waals surface area contributed by atoms with Gasteiger partial charge in [-0.05, 0) is 36.6 Å². The van der Waals surface area contributed by atoms with E-state index in [0.717, 1.165) is 50.6 Å². The van der Waals surface area contributed by atoms with E-state index in [0.29, 0.717) is 6.54 Å². The standard InChI is InChI=1S/C24H32N2O3/c1-3-21-9-11-23(12-10-21)29-19-24(27)26(18-22-7-5-4-6-8-22)20(2)17-25-13-15-28-16-14-25/h4-12,20H,3,13-19H2,1-2H3. The van der Waals surface area contributed by atoms with Gasteiger partial charge in [0.15, 0.2) is 6.61 Å². The molecule has 29 heavy (non-hydrogen) atoms. The van der Waals surface area contributed by atoms with Gasteiger partial charge in [-0.15, -0.1) is 0 Å². The van der Waals surface area contributed by atoms with Crippen LogP contribution in [-0.4, -0.2) is 61.2 Å². The molecule has 1 saturated heterocycles. The summed E-state index contributed by atoms with van der Waals surface area (Å²) in [5.74, 6) is 0.741. The maximum Gasteiger partial charge on any atom is 0.261 e. The Labute approximate surface area is 174 Å². The van der Waals surface area contributed by atoms with Gasteiger partial charge in [0.05, 0.1) is 13.2 Å². The Bertz CT molecular complexity index is 742. The van der Waals surface area contributed by atoms with Gasteiger partial charge in [0.2, 0.25) is 0 Å². The molecule has 5 heteroatoms. The minimum Gasteiger partial charge on any atom is -0.484 e. The second kappa shape index (κ2) is 11.0. The van der Waals surface area contributed by atoms with Gasteiger partial charge in [-0.3, -0.25) is 9.69 Å². The van der Waals surface area contributed by atoms with Gasteiger partial charge in [0, 0.05) is 32.2 Å². The van der Waals surface area contributed by atoms with Gasteiger partial charge < -0.3 is 14.4 Å². The monoisotopic (exact) mass is 396 g/mol. The fraction of sp³-hybridized carbons (Fsp3) is 0.458. The Morgan fingerprint density at radius 2 is 1.76 bits per heavy atom. The first kappa shape index (κ1) is 21.3. The smallest absolute Gasteiger partial charge is 0.261 e. The average Bonchev–Trinajstić information content (AvgIpc) is 2.77. The molecule has 1 fully saturated rings. The molecule has 1 heterocycles. The fourth-order valence-corrected chi connectivity index (χ4v) is 3.58. The lowest BCUT2D eigenvalue weighted by atomic mass is 10.1. The largest absolute Gasteiger partial charge is 0.484 e. The van der Waals surface area contributed by atoms with Crippen molar-refractivity contribution >= 4 is 5.91 Å².